The first-order valence-electron chi connectivity index (χ1n) is 5.91. The van der Waals surface area contributed by atoms with Crippen LogP contribution < -0.4 is 10.6 Å². The number of benzene rings is 1. The molecule has 1 aliphatic rings. The molecule has 0 unspecified atom stereocenters. The summed E-state index contributed by atoms with van der Waals surface area (Å²) in [7, 11) is 0. The molecule has 1 aromatic rings. The van der Waals surface area contributed by atoms with E-state index in [-0.39, 0.29) is 5.91 Å². The van der Waals surface area contributed by atoms with E-state index < -0.39 is 0 Å². The highest BCUT2D eigenvalue weighted by molar-refractivity contribution is 5.95. The molecule has 16 heavy (non-hydrogen) atoms. The minimum atomic E-state index is -0.00225. The summed E-state index contributed by atoms with van der Waals surface area (Å²) in [6.07, 6.45) is 2.67. The Labute approximate surface area is 96.2 Å². The molecule has 0 atom stereocenters. The summed E-state index contributed by atoms with van der Waals surface area (Å²) in [6.45, 7) is 3.62. The van der Waals surface area contributed by atoms with Crippen molar-refractivity contribution in [1.29, 1.82) is 0 Å². The first kappa shape index (κ1) is 11.0. The zero-order valence-electron chi connectivity index (χ0n) is 9.62. The summed E-state index contributed by atoms with van der Waals surface area (Å²) >= 11 is 0. The van der Waals surface area contributed by atoms with E-state index in [1.807, 2.05) is 31.2 Å². The average Bonchev–Trinajstić information content (AvgIpc) is 3.11. The minimum absolute atomic E-state index is 0.00225. The molecular formula is C13H18N2O. The van der Waals surface area contributed by atoms with Crippen molar-refractivity contribution in [2.75, 3.05) is 18.4 Å². The fourth-order valence-electron chi connectivity index (χ4n) is 1.62. The lowest BCUT2D eigenvalue weighted by Crippen LogP contribution is -2.22. The van der Waals surface area contributed by atoms with Gasteiger partial charge < -0.3 is 10.6 Å². The SMILES string of the molecule is CCNC(=O)c1cccc(NCC2CC2)c1. The van der Waals surface area contributed by atoms with Gasteiger partial charge in [-0.3, -0.25) is 4.79 Å². The van der Waals surface area contributed by atoms with Crippen LogP contribution in [0.5, 0.6) is 0 Å². The second-order valence-electron chi connectivity index (χ2n) is 4.26. The second kappa shape index (κ2) is 5.01. The first-order chi connectivity index (χ1) is 7.79. The highest BCUT2D eigenvalue weighted by Gasteiger charge is 2.20. The molecule has 0 spiro atoms. The van der Waals surface area contributed by atoms with Gasteiger partial charge in [0.05, 0.1) is 0 Å². The maximum absolute atomic E-state index is 11.6. The van der Waals surface area contributed by atoms with Crippen LogP contribution in [-0.4, -0.2) is 19.0 Å². The lowest BCUT2D eigenvalue weighted by molar-refractivity contribution is 0.0956. The number of amides is 1. The van der Waals surface area contributed by atoms with E-state index in [0.29, 0.717) is 6.54 Å². The van der Waals surface area contributed by atoms with Crippen molar-refractivity contribution in [3.8, 4) is 0 Å². The normalized spacial score (nSPS) is 14.6. The fraction of sp³-hybridized carbons (Fsp3) is 0.462. The molecule has 2 rings (SSSR count). The lowest BCUT2D eigenvalue weighted by Gasteiger charge is -2.07. The van der Waals surface area contributed by atoms with Crippen molar-refractivity contribution in [1.82, 2.24) is 5.32 Å². The third kappa shape index (κ3) is 2.99. The lowest BCUT2D eigenvalue weighted by atomic mass is 10.2. The van der Waals surface area contributed by atoms with Crippen LogP contribution in [0.2, 0.25) is 0 Å². The number of carbonyl (C=O) groups excluding carboxylic acids is 1. The van der Waals surface area contributed by atoms with Crippen molar-refractivity contribution in [3.05, 3.63) is 29.8 Å². The molecule has 0 bridgehead atoms. The van der Waals surface area contributed by atoms with Gasteiger partial charge in [0.25, 0.3) is 5.91 Å². The number of hydrogen-bond donors (Lipinski definition) is 2. The number of anilines is 1. The largest absolute Gasteiger partial charge is 0.385 e. The van der Waals surface area contributed by atoms with Crippen molar-refractivity contribution >= 4 is 11.6 Å². The second-order valence-corrected chi connectivity index (χ2v) is 4.26. The van der Waals surface area contributed by atoms with Gasteiger partial charge in [-0.2, -0.15) is 0 Å². The standard InChI is InChI=1S/C13H18N2O/c1-2-14-13(16)11-4-3-5-12(8-11)15-9-10-6-7-10/h3-5,8,10,15H,2,6-7,9H2,1H3,(H,14,16). The Morgan fingerprint density at radius 1 is 1.44 bits per heavy atom. The van der Waals surface area contributed by atoms with E-state index in [1.165, 1.54) is 12.8 Å². The molecule has 0 aromatic heterocycles. The van der Waals surface area contributed by atoms with Crippen LogP contribution in [0.3, 0.4) is 0 Å². The summed E-state index contributed by atoms with van der Waals surface area (Å²) in [5.41, 5.74) is 1.76. The summed E-state index contributed by atoms with van der Waals surface area (Å²) in [5.74, 6) is 0.839. The molecule has 86 valence electrons. The Hall–Kier alpha value is -1.51. The Bertz CT molecular complexity index is 372. The van der Waals surface area contributed by atoms with E-state index in [1.54, 1.807) is 0 Å². The zero-order valence-corrected chi connectivity index (χ0v) is 9.62. The molecule has 0 radical (unpaired) electrons. The van der Waals surface area contributed by atoms with E-state index in [0.717, 1.165) is 23.7 Å². The Morgan fingerprint density at radius 2 is 2.25 bits per heavy atom. The molecule has 1 saturated carbocycles. The molecule has 1 aromatic carbocycles. The van der Waals surface area contributed by atoms with Crippen molar-refractivity contribution in [2.24, 2.45) is 5.92 Å². The fourth-order valence-corrected chi connectivity index (χ4v) is 1.62. The smallest absolute Gasteiger partial charge is 0.251 e. The van der Waals surface area contributed by atoms with Gasteiger partial charge in [-0.1, -0.05) is 6.07 Å². The van der Waals surface area contributed by atoms with Gasteiger partial charge in [-0.25, -0.2) is 0 Å². The summed E-state index contributed by atoms with van der Waals surface area (Å²) in [6, 6.07) is 7.67. The summed E-state index contributed by atoms with van der Waals surface area (Å²) < 4.78 is 0. The first-order valence-corrected chi connectivity index (χ1v) is 5.91. The quantitative estimate of drug-likeness (QED) is 0.796. The van der Waals surface area contributed by atoms with Crippen LogP contribution in [0, 0.1) is 5.92 Å². The Balaban J connectivity index is 1.97. The summed E-state index contributed by atoms with van der Waals surface area (Å²) in [5, 5.41) is 6.16. The summed E-state index contributed by atoms with van der Waals surface area (Å²) in [4.78, 5) is 11.6. The van der Waals surface area contributed by atoms with Crippen LogP contribution in [0.15, 0.2) is 24.3 Å². The molecule has 3 nitrogen and oxygen atoms in total. The van der Waals surface area contributed by atoms with Crippen LogP contribution in [0.1, 0.15) is 30.1 Å². The van der Waals surface area contributed by atoms with E-state index in [2.05, 4.69) is 10.6 Å². The minimum Gasteiger partial charge on any atom is -0.385 e. The molecule has 3 heteroatoms. The molecule has 1 fully saturated rings. The highest BCUT2D eigenvalue weighted by Crippen LogP contribution is 2.28. The third-order valence-corrected chi connectivity index (χ3v) is 2.75. The predicted octanol–water partition coefficient (Wildman–Crippen LogP) is 2.26. The molecule has 1 aliphatic carbocycles. The monoisotopic (exact) mass is 218 g/mol. The zero-order chi connectivity index (χ0) is 11.4. The number of rotatable bonds is 5. The van der Waals surface area contributed by atoms with E-state index in [9.17, 15) is 4.79 Å². The third-order valence-electron chi connectivity index (χ3n) is 2.75. The van der Waals surface area contributed by atoms with E-state index in [4.69, 9.17) is 0 Å². The van der Waals surface area contributed by atoms with Crippen LogP contribution in [0.25, 0.3) is 0 Å². The van der Waals surface area contributed by atoms with Gasteiger partial charge >= 0.3 is 0 Å². The highest BCUT2D eigenvalue weighted by atomic mass is 16.1. The molecule has 0 saturated heterocycles. The van der Waals surface area contributed by atoms with Gasteiger partial charge in [0.1, 0.15) is 0 Å². The molecule has 0 aliphatic heterocycles. The van der Waals surface area contributed by atoms with Crippen molar-refractivity contribution < 1.29 is 4.79 Å². The van der Waals surface area contributed by atoms with Crippen LogP contribution in [-0.2, 0) is 0 Å². The van der Waals surface area contributed by atoms with Crippen molar-refractivity contribution in [2.45, 2.75) is 19.8 Å². The van der Waals surface area contributed by atoms with Crippen molar-refractivity contribution in [3.63, 3.8) is 0 Å². The van der Waals surface area contributed by atoms with Gasteiger partial charge in [-0.15, -0.1) is 0 Å². The van der Waals surface area contributed by atoms with Gasteiger partial charge in [0, 0.05) is 24.3 Å². The van der Waals surface area contributed by atoms with E-state index >= 15 is 0 Å². The average molecular weight is 218 g/mol. The van der Waals surface area contributed by atoms with Gasteiger partial charge in [0.15, 0.2) is 0 Å². The predicted molar refractivity (Wildman–Crippen MR) is 65.7 cm³/mol. The Kier molecular flexibility index (Phi) is 3.44. The maximum Gasteiger partial charge on any atom is 0.251 e. The molecule has 0 heterocycles. The molecular weight excluding hydrogens is 200 g/mol. The number of hydrogen-bond acceptors (Lipinski definition) is 2. The van der Waals surface area contributed by atoms with Crippen LogP contribution >= 0.6 is 0 Å². The van der Waals surface area contributed by atoms with Crippen LogP contribution in [0.4, 0.5) is 5.69 Å². The number of carbonyl (C=O) groups is 1. The molecule has 2 N–H and O–H groups in total. The Morgan fingerprint density at radius 3 is 2.94 bits per heavy atom. The maximum atomic E-state index is 11.6. The van der Waals surface area contributed by atoms with Gasteiger partial charge in [-0.05, 0) is 43.9 Å². The van der Waals surface area contributed by atoms with Gasteiger partial charge in [0.2, 0.25) is 0 Å². The molecule has 1 amide bonds. The topological polar surface area (TPSA) is 41.1 Å². The number of nitrogens with one attached hydrogen (secondary N) is 2.